The van der Waals surface area contributed by atoms with Gasteiger partial charge in [-0.25, -0.2) is 0 Å². The molecular weight excluding hydrogens is 340 g/mol. The van der Waals surface area contributed by atoms with Gasteiger partial charge in [-0.3, -0.25) is 4.79 Å². The largest absolute Gasteiger partial charge is 0.497 e. The molecule has 2 N–H and O–H groups in total. The molecule has 3 rings (SSSR count). The molecule has 5 heteroatoms. The molecule has 0 aromatic heterocycles. The number of benzene rings is 3. The number of anilines is 2. The van der Waals surface area contributed by atoms with Crippen molar-refractivity contribution in [1.82, 2.24) is 0 Å². The summed E-state index contributed by atoms with van der Waals surface area (Å²) in [5.74, 6) is 1.35. The second-order valence-electron chi connectivity index (χ2n) is 5.93. The van der Waals surface area contributed by atoms with Crippen molar-refractivity contribution in [2.45, 2.75) is 6.04 Å². The average molecular weight is 362 g/mol. The minimum Gasteiger partial charge on any atom is -0.497 e. The molecule has 1 amide bonds. The van der Waals surface area contributed by atoms with Gasteiger partial charge in [0.1, 0.15) is 17.5 Å². The normalized spacial score (nSPS) is 11.3. The molecule has 0 saturated carbocycles. The summed E-state index contributed by atoms with van der Waals surface area (Å²) < 4.78 is 10.3. The first-order chi connectivity index (χ1) is 13.2. The first-order valence-electron chi connectivity index (χ1n) is 8.60. The van der Waals surface area contributed by atoms with E-state index < -0.39 is 6.04 Å². The Bertz CT molecular complexity index is 862. The molecule has 1 atom stereocenters. The van der Waals surface area contributed by atoms with E-state index in [9.17, 15) is 4.79 Å². The van der Waals surface area contributed by atoms with Crippen LogP contribution < -0.4 is 20.1 Å². The minimum atomic E-state index is -0.540. The lowest BCUT2D eigenvalue weighted by molar-refractivity contribution is -0.117. The first-order valence-corrected chi connectivity index (χ1v) is 8.60. The van der Waals surface area contributed by atoms with Gasteiger partial charge in [-0.1, -0.05) is 30.3 Å². The highest BCUT2D eigenvalue weighted by atomic mass is 16.5. The van der Waals surface area contributed by atoms with Gasteiger partial charge in [0.15, 0.2) is 0 Å². The maximum absolute atomic E-state index is 13.0. The highest BCUT2D eigenvalue weighted by molar-refractivity contribution is 5.97. The van der Waals surface area contributed by atoms with Crippen LogP contribution in [0, 0.1) is 0 Å². The lowest BCUT2D eigenvalue weighted by Gasteiger charge is -2.20. The molecule has 0 saturated heterocycles. The number of carbonyl (C=O) groups excluding carboxylic acids is 1. The number of rotatable bonds is 7. The number of methoxy groups -OCH3 is 2. The maximum Gasteiger partial charge on any atom is 0.251 e. The van der Waals surface area contributed by atoms with Crippen molar-refractivity contribution in [3.63, 3.8) is 0 Å². The van der Waals surface area contributed by atoms with Crippen LogP contribution in [0.15, 0.2) is 78.9 Å². The molecule has 0 fully saturated rings. The van der Waals surface area contributed by atoms with E-state index in [0.717, 1.165) is 22.7 Å². The third-order valence-electron chi connectivity index (χ3n) is 4.15. The van der Waals surface area contributed by atoms with E-state index in [1.54, 1.807) is 14.2 Å². The summed E-state index contributed by atoms with van der Waals surface area (Å²) in [5, 5.41) is 6.25. The van der Waals surface area contributed by atoms with E-state index in [-0.39, 0.29) is 5.91 Å². The lowest BCUT2D eigenvalue weighted by Crippen LogP contribution is -2.27. The van der Waals surface area contributed by atoms with Gasteiger partial charge in [0, 0.05) is 11.4 Å². The van der Waals surface area contributed by atoms with Crippen LogP contribution in [0.2, 0.25) is 0 Å². The highest BCUT2D eigenvalue weighted by Crippen LogP contribution is 2.24. The van der Waals surface area contributed by atoms with Crippen molar-refractivity contribution in [3.8, 4) is 11.5 Å². The molecule has 27 heavy (non-hydrogen) atoms. The Labute approximate surface area is 158 Å². The summed E-state index contributed by atoms with van der Waals surface area (Å²) in [4.78, 5) is 13.0. The topological polar surface area (TPSA) is 59.6 Å². The van der Waals surface area contributed by atoms with Crippen LogP contribution in [0.5, 0.6) is 11.5 Å². The first kappa shape index (κ1) is 18.3. The van der Waals surface area contributed by atoms with Gasteiger partial charge in [0.25, 0.3) is 5.91 Å². The summed E-state index contributed by atoms with van der Waals surface area (Å²) in [6.07, 6.45) is 0. The Morgan fingerprint density at radius 2 is 1.26 bits per heavy atom. The van der Waals surface area contributed by atoms with Gasteiger partial charge < -0.3 is 20.1 Å². The van der Waals surface area contributed by atoms with Gasteiger partial charge in [0.2, 0.25) is 0 Å². The predicted octanol–water partition coefficient (Wildman–Crippen LogP) is 4.50. The third kappa shape index (κ3) is 4.79. The van der Waals surface area contributed by atoms with Gasteiger partial charge in [-0.15, -0.1) is 0 Å². The van der Waals surface area contributed by atoms with E-state index in [0.29, 0.717) is 5.69 Å². The molecule has 0 radical (unpaired) electrons. The van der Waals surface area contributed by atoms with Crippen molar-refractivity contribution in [2.75, 3.05) is 24.9 Å². The molecule has 0 aliphatic rings. The van der Waals surface area contributed by atoms with Crippen LogP contribution in [-0.2, 0) is 4.79 Å². The van der Waals surface area contributed by atoms with Crippen molar-refractivity contribution >= 4 is 17.3 Å². The zero-order valence-electron chi connectivity index (χ0n) is 15.3. The smallest absolute Gasteiger partial charge is 0.251 e. The predicted molar refractivity (Wildman–Crippen MR) is 107 cm³/mol. The summed E-state index contributed by atoms with van der Waals surface area (Å²) in [6.45, 7) is 0. The number of carbonyl (C=O) groups is 1. The SMILES string of the molecule is COc1ccc(NC(=O)C(Nc2ccc(OC)cc2)c2ccccc2)cc1. The van der Waals surface area contributed by atoms with Crippen molar-refractivity contribution in [2.24, 2.45) is 0 Å². The van der Waals surface area contributed by atoms with E-state index in [2.05, 4.69) is 10.6 Å². The molecule has 0 bridgehead atoms. The van der Waals surface area contributed by atoms with E-state index in [4.69, 9.17) is 9.47 Å². The molecule has 5 nitrogen and oxygen atoms in total. The number of nitrogens with one attached hydrogen (secondary N) is 2. The molecule has 0 aliphatic carbocycles. The van der Waals surface area contributed by atoms with Gasteiger partial charge in [0.05, 0.1) is 14.2 Å². The second-order valence-corrected chi connectivity index (χ2v) is 5.93. The van der Waals surface area contributed by atoms with Crippen LogP contribution >= 0.6 is 0 Å². The Balaban J connectivity index is 1.81. The standard InChI is InChI=1S/C22H22N2O3/c1-26-19-12-8-17(9-13-19)23-21(16-6-4-3-5-7-16)22(25)24-18-10-14-20(27-2)15-11-18/h3-15,21,23H,1-2H3,(H,24,25). The summed E-state index contributed by atoms with van der Waals surface area (Å²) in [7, 11) is 3.23. The minimum absolute atomic E-state index is 0.151. The average Bonchev–Trinajstić information content (AvgIpc) is 2.73. The zero-order valence-corrected chi connectivity index (χ0v) is 15.3. The fourth-order valence-corrected chi connectivity index (χ4v) is 2.69. The number of ether oxygens (including phenoxy) is 2. The van der Waals surface area contributed by atoms with Crippen molar-refractivity contribution in [1.29, 1.82) is 0 Å². The quantitative estimate of drug-likeness (QED) is 0.650. The molecule has 3 aromatic carbocycles. The van der Waals surface area contributed by atoms with Gasteiger partial charge in [-0.2, -0.15) is 0 Å². The van der Waals surface area contributed by atoms with Crippen LogP contribution in [0.1, 0.15) is 11.6 Å². The fourth-order valence-electron chi connectivity index (χ4n) is 2.69. The second kappa shape index (κ2) is 8.76. The van der Waals surface area contributed by atoms with E-state index in [1.165, 1.54) is 0 Å². The molecule has 0 aliphatic heterocycles. The highest BCUT2D eigenvalue weighted by Gasteiger charge is 2.20. The summed E-state index contributed by atoms with van der Waals surface area (Å²) in [5.41, 5.74) is 2.41. The van der Waals surface area contributed by atoms with Crippen molar-refractivity contribution < 1.29 is 14.3 Å². The van der Waals surface area contributed by atoms with Crippen LogP contribution in [0.4, 0.5) is 11.4 Å². The Morgan fingerprint density at radius 3 is 1.78 bits per heavy atom. The van der Waals surface area contributed by atoms with Crippen LogP contribution in [0.25, 0.3) is 0 Å². The van der Waals surface area contributed by atoms with Crippen LogP contribution in [-0.4, -0.2) is 20.1 Å². The Morgan fingerprint density at radius 1 is 0.741 bits per heavy atom. The number of amides is 1. The molecule has 0 spiro atoms. The molecular formula is C22H22N2O3. The molecule has 1 unspecified atom stereocenters. The maximum atomic E-state index is 13.0. The van der Waals surface area contributed by atoms with E-state index >= 15 is 0 Å². The Kier molecular flexibility index (Phi) is 5.94. The monoisotopic (exact) mass is 362 g/mol. The molecule has 0 heterocycles. The fraction of sp³-hybridized carbons (Fsp3) is 0.136. The third-order valence-corrected chi connectivity index (χ3v) is 4.15. The summed E-state index contributed by atoms with van der Waals surface area (Å²) in [6, 6.07) is 23.8. The Hall–Kier alpha value is -3.47. The van der Waals surface area contributed by atoms with E-state index in [1.807, 2.05) is 78.9 Å². The summed E-state index contributed by atoms with van der Waals surface area (Å²) >= 11 is 0. The van der Waals surface area contributed by atoms with Gasteiger partial charge in [-0.05, 0) is 54.1 Å². The molecule has 3 aromatic rings. The van der Waals surface area contributed by atoms with Gasteiger partial charge >= 0.3 is 0 Å². The zero-order chi connectivity index (χ0) is 19.1. The number of hydrogen-bond donors (Lipinski definition) is 2. The number of hydrogen-bond acceptors (Lipinski definition) is 4. The van der Waals surface area contributed by atoms with Crippen molar-refractivity contribution in [3.05, 3.63) is 84.4 Å². The van der Waals surface area contributed by atoms with Crippen LogP contribution in [0.3, 0.4) is 0 Å². The lowest BCUT2D eigenvalue weighted by atomic mass is 10.1. The molecule has 138 valence electrons.